The molecule has 0 saturated heterocycles. The fourth-order valence-corrected chi connectivity index (χ4v) is 1.78. The fraction of sp³-hybridized carbons (Fsp3) is 0.556. The van der Waals surface area contributed by atoms with Gasteiger partial charge in [0.2, 0.25) is 0 Å². The minimum Gasteiger partial charge on any atom is -0.454 e. The molecule has 0 saturated carbocycles. The molecule has 0 amide bonds. The standard InChI is InChI=1S/C9H14INO2S/c1-7(14(2)12)5-11-6-8-3-4-9(10)13-8/h3-4,7,11H,5-6H2,1-2H3. The second-order valence-electron chi connectivity index (χ2n) is 3.15. The van der Waals surface area contributed by atoms with Crippen molar-refractivity contribution in [2.24, 2.45) is 0 Å². The first-order valence-corrected chi connectivity index (χ1v) is 7.06. The van der Waals surface area contributed by atoms with Gasteiger partial charge in [-0.2, -0.15) is 0 Å². The highest BCUT2D eigenvalue weighted by atomic mass is 127. The molecular formula is C9H14INO2S. The lowest BCUT2D eigenvalue weighted by molar-refractivity contribution is 0.463. The van der Waals surface area contributed by atoms with E-state index in [-0.39, 0.29) is 5.25 Å². The van der Waals surface area contributed by atoms with Gasteiger partial charge in [0.05, 0.1) is 6.54 Å². The lowest BCUT2D eigenvalue weighted by Gasteiger charge is -2.08. The van der Waals surface area contributed by atoms with Gasteiger partial charge in [-0.15, -0.1) is 0 Å². The van der Waals surface area contributed by atoms with Crippen molar-refractivity contribution in [3.05, 3.63) is 21.7 Å². The third-order valence-electron chi connectivity index (χ3n) is 1.93. The van der Waals surface area contributed by atoms with Gasteiger partial charge in [0.25, 0.3) is 0 Å². The van der Waals surface area contributed by atoms with E-state index in [0.717, 1.165) is 16.1 Å². The van der Waals surface area contributed by atoms with E-state index >= 15 is 0 Å². The van der Waals surface area contributed by atoms with Crippen molar-refractivity contribution in [2.75, 3.05) is 12.8 Å². The van der Waals surface area contributed by atoms with Crippen LogP contribution in [0.5, 0.6) is 0 Å². The van der Waals surface area contributed by atoms with Crippen molar-refractivity contribution in [1.29, 1.82) is 0 Å². The van der Waals surface area contributed by atoms with E-state index in [1.165, 1.54) is 0 Å². The zero-order chi connectivity index (χ0) is 10.6. The van der Waals surface area contributed by atoms with Crippen LogP contribution in [0.25, 0.3) is 0 Å². The van der Waals surface area contributed by atoms with Crippen LogP contribution in [-0.4, -0.2) is 22.3 Å². The van der Waals surface area contributed by atoms with Gasteiger partial charge < -0.3 is 9.73 Å². The maximum atomic E-state index is 11.0. The maximum Gasteiger partial charge on any atom is 0.164 e. The normalized spacial score (nSPS) is 15.4. The molecule has 1 aromatic heterocycles. The first-order chi connectivity index (χ1) is 6.59. The summed E-state index contributed by atoms with van der Waals surface area (Å²) in [4.78, 5) is 0. The van der Waals surface area contributed by atoms with Gasteiger partial charge >= 0.3 is 0 Å². The smallest absolute Gasteiger partial charge is 0.164 e. The van der Waals surface area contributed by atoms with E-state index in [9.17, 15) is 4.21 Å². The Balaban J connectivity index is 2.25. The summed E-state index contributed by atoms with van der Waals surface area (Å²) >= 11 is 2.13. The van der Waals surface area contributed by atoms with Crippen LogP contribution in [0.15, 0.2) is 16.5 Å². The number of hydrogen-bond acceptors (Lipinski definition) is 3. The summed E-state index contributed by atoms with van der Waals surface area (Å²) in [7, 11) is -0.758. The Bertz CT molecular complexity index is 314. The molecule has 0 radical (unpaired) electrons. The highest BCUT2D eigenvalue weighted by Crippen LogP contribution is 2.09. The zero-order valence-corrected chi connectivity index (χ0v) is 11.2. The van der Waals surface area contributed by atoms with Crippen LogP contribution in [0.3, 0.4) is 0 Å². The molecule has 2 unspecified atom stereocenters. The lowest BCUT2D eigenvalue weighted by atomic mass is 10.4. The Hall–Kier alpha value is 0.120. The monoisotopic (exact) mass is 327 g/mol. The Morgan fingerprint density at radius 1 is 1.64 bits per heavy atom. The van der Waals surface area contributed by atoms with Gasteiger partial charge in [-0.25, -0.2) is 0 Å². The predicted octanol–water partition coefficient (Wildman–Crippen LogP) is 1.74. The topological polar surface area (TPSA) is 42.2 Å². The lowest BCUT2D eigenvalue weighted by Crippen LogP contribution is -2.26. The van der Waals surface area contributed by atoms with E-state index in [2.05, 4.69) is 27.9 Å². The van der Waals surface area contributed by atoms with Gasteiger partial charge in [0.1, 0.15) is 5.76 Å². The second kappa shape index (κ2) is 5.87. The fourth-order valence-electron chi connectivity index (χ4n) is 0.963. The predicted molar refractivity (Wildman–Crippen MR) is 66.7 cm³/mol. The zero-order valence-electron chi connectivity index (χ0n) is 8.25. The van der Waals surface area contributed by atoms with Gasteiger partial charge in [-0.05, 0) is 41.6 Å². The first kappa shape index (κ1) is 12.2. The maximum absolute atomic E-state index is 11.0. The molecule has 3 nitrogen and oxygen atoms in total. The van der Waals surface area contributed by atoms with Gasteiger partial charge in [-0.3, -0.25) is 4.21 Å². The van der Waals surface area contributed by atoms with Crippen LogP contribution in [0.1, 0.15) is 12.7 Å². The molecule has 1 rings (SSSR count). The van der Waals surface area contributed by atoms with Crippen molar-refractivity contribution < 1.29 is 8.63 Å². The Labute approximate surface area is 100 Å². The first-order valence-electron chi connectivity index (χ1n) is 4.36. The molecule has 0 aliphatic heterocycles. The molecule has 0 aliphatic rings. The van der Waals surface area contributed by atoms with E-state index in [0.29, 0.717) is 6.54 Å². The average Bonchev–Trinajstić information content (AvgIpc) is 2.51. The molecule has 80 valence electrons. The Morgan fingerprint density at radius 2 is 2.36 bits per heavy atom. The third-order valence-corrected chi connectivity index (χ3v) is 3.81. The summed E-state index contributed by atoms with van der Waals surface area (Å²) in [5.41, 5.74) is 0. The quantitative estimate of drug-likeness (QED) is 0.838. The van der Waals surface area contributed by atoms with Gasteiger partial charge in [0.15, 0.2) is 3.77 Å². The van der Waals surface area contributed by atoms with E-state index in [1.54, 1.807) is 6.26 Å². The van der Waals surface area contributed by atoms with Crippen molar-refractivity contribution in [1.82, 2.24) is 5.32 Å². The number of hydrogen-bond donors (Lipinski definition) is 1. The van der Waals surface area contributed by atoms with Crippen molar-refractivity contribution in [3.8, 4) is 0 Å². The summed E-state index contributed by atoms with van der Waals surface area (Å²) in [6.45, 7) is 3.42. The van der Waals surface area contributed by atoms with Crippen molar-refractivity contribution in [2.45, 2.75) is 18.7 Å². The van der Waals surface area contributed by atoms with Crippen molar-refractivity contribution >= 4 is 33.4 Å². The molecule has 1 heterocycles. The second-order valence-corrected chi connectivity index (χ2v) is 6.01. The van der Waals surface area contributed by atoms with Crippen LogP contribution in [0.2, 0.25) is 0 Å². The van der Waals surface area contributed by atoms with Crippen LogP contribution < -0.4 is 5.32 Å². The molecule has 0 aromatic carbocycles. The van der Waals surface area contributed by atoms with Crippen molar-refractivity contribution in [3.63, 3.8) is 0 Å². The van der Waals surface area contributed by atoms with Crippen LogP contribution in [0.4, 0.5) is 0 Å². The number of nitrogens with one attached hydrogen (secondary N) is 1. The molecule has 1 aromatic rings. The highest BCUT2D eigenvalue weighted by Gasteiger charge is 2.05. The third kappa shape index (κ3) is 4.10. The van der Waals surface area contributed by atoms with Crippen LogP contribution in [0, 0.1) is 3.77 Å². The largest absolute Gasteiger partial charge is 0.454 e. The molecule has 2 atom stereocenters. The molecule has 14 heavy (non-hydrogen) atoms. The Kier molecular flexibility index (Phi) is 5.11. The molecule has 0 spiro atoms. The highest BCUT2D eigenvalue weighted by molar-refractivity contribution is 14.1. The van der Waals surface area contributed by atoms with Crippen LogP contribution in [-0.2, 0) is 17.3 Å². The number of rotatable bonds is 5. The minimum atomic E-state index is -0.758. The molecular weight excluding hydrogens is 313 g/mol. The number of halogens is 1. The Morgan fingerprint density at radius 3 is 2.86 bits per heavy atom. The van der Waals surface area contributed by atoms with E-state index in [4.69, 9.17) is 4.42 Å². The molecule has 5 heteroatoms. The minimum absolute atomic E-state index is 0.184. The summed E-state index contributed by atoms with van der Waals surface area (Å²) in [5, 5.41) is 3.39. The van der Waals surface area contributed by atoms with Gasteiger partial charge in [0, 0.05) is 28.9 Å². The molecule has 0 bridgehead atoms. The van der Waals surface area contributed by atoms with Crippen LogP contribution >= 0.6 is 22.6 Å². The summed E-state index contributed by atoms with van der Waals surface area (Å²) in [6, 6.07) is 3.88. The molecule has 0 aliphatic carbocycles. The van der Waals surface area contributed by atoms with E-state index in [1.807, 2.05) is 19.1 Å². The summed E-state index contributed by atoms with van der Waals surface area (Å²) in [5.74, 6) is 0.920. The SMILES string of the molecule is CC(CNCc1ccc(I)o1)S(C)=O. The summed E-state index contributed by atoms with van der Waals surface area (Å²) < 4.78 is 17.3. The molecule has 0 fully saturated rings. The summed E-state index contributed by atoms with van der Waals surface area (Å²) in [6.07, 6.45) is 1.72. The number of furan rings is 1. The molecule has 1 N–H and O–H groups in total. The van der Waals surface area contributed by atoms with Gasteiger partial charge in [-0.1, -0.05) is 0 Å². The van der Waals surface area contributed by atoms with E-state index < -0.39 is 10.8 Å². The average molecular weight is 327 g/mol.